The minimum Gasteiger partial charge on any atom is -0.308 e. The first-order chi connectivity index (χ1) is 9.35. The number of rotatable bonds is 7. The second kappa shape index (κ2) is 6.99. The predicted octanol–water partition coefficient (Wildman–Crippen LogP) is 1.98. The van der Waals surface area contributed by atoms with Crippen molar-refractivity contribution in [2.75, 3.05) is 6.54 Å². The number of aryl methyl sites for hydroxylation is 1. The fraction of sp³-hybridized carbons (Fsp3) is 0.500. The van der Waals surface area contributed by atoms with Crippen molar-refractivity contribution < 1.29 is 0 Å². The van der Waals surface area contributed by atoms with E-state index < -0.39 is 0 Å². The summed E-state index contributed by atoms with van der Waals surface area (Å²) in [6.07, 6.45) is 5.36. The van der Waals surface area contributed by atoms with E-state index in [-0.39, 0.29) is 6.04 Å². The lowest BCUT2D eigenvalue weighted by atomic mass is 10.1. The van der Waals surface area contributed by atoms with Crippen molar-refractivity contribution >= 4 is 0 Å². The van der Waals surface area contributed by atoms with Crippen LogP contribution in [0, 0.1) is 0 Å². The number of aromatic nitrogens is 4. The SMILES string of the molecule is CCCNC(Cc1ncnn1CC)c1ccccn1. The quantitative estimate of drug-likeness (QED) is 0.826. The topological polar surface area (TPSA) is 55.6 Å². The predicted molar refractivity (Wildman–Crippen MR) is 74.7 cm³/mol. The maximum Gasteiger partial charge on any atom is 0.138 e. The van der Waals surface area contributed by atoms with Gasteiger partial charge >= 0.3 is 0 Å². The highest BCUT2D eigenvalue weighted by Gasteiger charge is 2.15. The van der Waals surface area contributed by atoms with Gasteiger partial charge in [-0.2, -0.15) is 5.10 Å². The van der Waals surface area contributed by atoms with Crippen LogP contribution in [-0.2, 0) is 13.0 Å². The lowest BCUT2D eigenvalue weighted by Gasteiger charge is -2.17. The first-order valence-electron chi connectivity index (χ1n) is 6.86. The van der Waals surface area contributed by atoms with Crippen molar-refractivity contribution in [2.45, 2.75) is 39.3 Å². The van der Waals surface area contributed by atoms with E-state index in [1.165, 1.54) is 0 Å². The summed E-state index contributed by atoms with van der Waals surface area (Å²) in [6, 6.07) is 6.21. The molecule has 0 radical (unpaired) electrons. The van der Waals surface area contributed by atoms with Crippen molar-refractivity contribution in [3.63, 3.8) is 0 Å². The molecular formula is C14H21N5. The highest BCUT2D eigenvalue weighted by atomic mass is 15.3. The molecule has 0 saturated heterocycles. The van der Waals surface area contributed by atoms with Gasteiger partial charge in [0, 0.05) is 19.2 Å². The number of pyridine rings is 1. The van der Waals surface area contributed by atoms with Gasteiger partial charge in [0.2, 0.25) is 0 Å². The van der Waals surface area contributed by atoms with Crippen LogP contribution in [0.2, 0.25) is 0 Å². The third kappa shape index (κ3) is 3.61. The van der Waals surface area contributed by atoms with E-state index in [4.69, 9.17) is 0 Å². The number of hydrogen-bond donors (Lipinski definition) is 1. The zero-order valence-corrected chi connectivity index (χ0v) is 11.6. The Bertz CT molecular complexity index is 480. The minimum absolute atomic E-state index is 0.190. The van der Waals surface area contributed by atoms with E-state index >= 15 is 0 Å². The van der Waals surface area contributed by atoms with Gasteiger partial charge in [-0.1, -0.05) is 13.0 Å². The largest absolute Gasteiger partial charge is 0.308 e. The van der Waals surface area contributed by atoms with Crippen molar-refractivity contribution in [1.82, 2.24) is 25.1 Å². The average molecular weight is 259 g/mol. The molecule has 2 rings (SSSR count). The fourth-order valence-electron chi connectivity index (χ4n) is 2.07. The molecule has 0 aliphatic rings. The van der Waals surface area contributed by atoms with E-state index in [0.717, 1.165) is 37.4 Å². The molecule has 0 bridgehead atoms. The number of nitrogens with one attached hydrogen (secondary N) is 1. The van der Waals surface area contributed by atoms with Gasteiger partial charge in [0.25, 0.3) is 0 Å². The van der Waals surface area contributed by atoms with Gasteiger partial charge in [-0.3, -0.25) is 9.67 Å². The highest BCUT2D eigenvalue weighted by molar-refractivity contribution is 5.10. The van der Waals surface area contributed by atoms with Crippen LogP contribution in [-0.4, -0.2) is 26.3 Å². The molecule has 1 unspecified atom stereocenters. The Hall–Kier alpha value is -1.75. The first kappa shape index (κ1) is 13.7. The Morgan fingerprint density at radius 3 is 2.84 bits per heavy atom. The van der Waals surface area contributed by atoms with Crippen molar-refractivity contribution in [2.24, 2.45) is 0 Å². The molecule has 1 atom stereocenters. The molecule has 19 heavy (non-hydrogen) atoms. The maximum absolute atomic E-state index is 4.45. The minimum atomic E-state index is 0.190. The lowest BCUT2D eigenvalue weighted by molar-refractivity contribution is 0.488. The van der Waals surface area contributed by atoms with Gasteiger partial charge in [-0.25, -0.2) is 4.98 Å². The van der Waals surface area contributed by atoms with Crippen LogP contribution in [0.4, 0.5) is 0 Å². The summed E-state index contributed by atoms with van der Waals surface area (Å²) >= 11 is 0. The van der Waals surface area contributed by atoms with Gasteiger partial charge in [0.15, 0.2) is 0 Å². The molecule has 102 valence electrons. The van der Waals surface area contributed by atoms with Crippen LogP contribution in [0.3, 0.4) is 0 Å². The van der Waals surface area contributed by atoms with Crippen LogP contribution in [0.15, 0.2) is 30.7 Å². The summed E-state index contributed by atoms with van der Waals surface area (Å²) in [7, 11) is 0. The molecule has 2 aromatic rings. The fourth-order valence-corrected chi connectivity index (χ4v) is 2.07. The Morgan fingerprint density at radius 2 is 2.16 bits per heavy atom. The zero-order valence-electron chi connectivity index (χ0n) is 11.6. The van der Waals surface area contributed by atoms with Crippen LogP contribution < -0.4 is 5.32 Å². The number of hydrogen-bond acceptors (Lipinski definition) is 4. The zero-order chi connectivity index (χ0) is 13.5. The summed E-state index contributed by atoms with van der Waals surface area (Å²) in [5.41, 5.74) is 1.06. The maximum atomic E-state index is 4.45. The molecule has 0 aromatic carbocycles. The van der Waals surface area contributed by atoms with Crippen LogP contribution in [0.1, 0.15) is 37.8 Å². The van der Waals surface area contributed by atoms with Gasteiger partial charge in [0.1, 0.15) is 12.2 Å². The smallest absolute Gasteiger partial charge is 0.138 e. The van der Waals surface area contributed by atoms with E-state index in [1.807, 2.05) is 23.0 Å². The van der Waals surface area contributed by atoms with E-state index in [9.17, 15) is 0 Å². The van der Waals surface area contributed by atoms with Gasteiger partial charge in [0.05, 0.1) is 11.7 Å². The summed E-state index contributed by atoms with van der Waals surface area (Å²) in [6.45, 7) is 6.06. The molecule has 0 spiro atoms. The molecule has 5 heteroatoms. The van der Waals surface area contributed by atoms with Crippen LogP contribution in [0.25, 0.3) is 0 Å². The van der Waals surface area contributed by atoms with Gasteiger partial charge in [-0.05, 0) is 32.0 Å². The third-order valence-electron chi connectivity index (χ3n) is 3.07. The molecule has 2 heterocycles. The number of nitrogens with zero attached hydrogens (tertiary/aromatic N) is 4. The molecule has 5 nitrogen and oxygen atoms in total. The second-order valence-corrected chi connectivity index (χ2v) is 4.46. The first-order valence-corrected chi connectivity index (χ1v) is 6.86. The van der Waals surface area contributed by atoms with E-state index in [0.29, 0.717) is 0 Å². The molecule has 0 amide bonds. The summed E-state index contributed by atoms with van der Waals surface area (Å²) in [5.74, 6) is 1.00. The average Bonchev–Trinajstić information content (AvgIpc) is 2.91. The molecule has 0 aliphatic heterocycles. The normalized spacial score (nSPS) is 12.5. The highest BCUT2D eigenvalue weighted by Crippen LogP contribution is 2.15. The molecular weight excluding hydrogens is 238 g/mol. The monoisotopic (exact) mass is 259 g/mol. The Balaban J connectivity index is 2.14. The van der Waals surface area contributed by atoms with Gasteiger partial charge in [-0.15, -0.1) is 0 Å². The van der Waals surface area contributed by atoms with Crippen LogP contribution >= 0.6 is 0 Å². The summed E-state index contributed by atoms with van der Waals surface area (Å²) in [5, 5.41) is 7.75. The second-order valence-electron chi connectivity index (χ2n) is 4.46. The molecule has 0 fully saturated rings. The molecule has 0 saturated carbocycles. The molecule has 2 aromatic heterocycles. The van der Waals surface area contributed by atoms with E-state index in [1.54, 1.807) is 6.33 Å². The lowest BCUT2D eigenvalue weighted by Crippen LogP contribution is -2.26. The van der Waals surface area contributed by atoms with Crippen molar-refractivity contribution in [3.8, 4) is 0 Å². The standard InChI is InChI=1S/C14H21N5/c1-3-8-15-13(12-7-5-6-9-16-12)10-14-17-11-18-19(14)4-2/h5-7,9,11,13,15H,3-4,8,10H2,1-2H3. The van der Waals surface area contributed by atoms with Crippen molar-refractivity contribution in [1.29, 1.82) is 0 Å². The van der Waals surface area contributed by atoms with Crippen molar-refractivity contribution in [3.05, 3.63) is 42.2 Å². The Labute approximate surface area is 114 Å². The summed E-state index contributed by atoms with van der Waals surface area (Å²) < 4.78 is 1.93. The Morgan fingerprint density at radius 1 is 1.26 bits per heavy atom. The third-order valence-corrected chi connectivity index (χ3v) is 3.07. The van der Waals surface area contributed by atoms with Gasteiger partial charge < -0.3 is 5.32 Å². The summed E-state index contributed by atoms with van der Waals surface area (Å²) in [4.78, 5) is 8.79. The molecule has 1 N–H and O–H groups in total. The molecule has 0 aliphatic carbocycles. The Kier molecular flexibility index (Phi) is 5.03. The van der Waals surface area contributed by atoms with Crippen LogP contribution in [0.5, 0.6) is 0 Å². The van der Waals surface area contributed by atoms with E-state index in [2.05, 4.69) is 40.3 Å².